The second kappa shape index (κ2) is 4.84. The van der Waals surface area contributed by atoms with E-state index in [0.29, 0.717) is 6.04 Å². The minimum Gasteiger partial charge on any atom is -0.311 e. The maximum absolute atomic E-state index is 3.61. The van der Waals surface area contributed by atoms with E-state index in [-0.39, 0.29) is 0 Å². The summed E-state index contributed by atoms with van der Waals surface area (Å²) in [5.41, 5.74) is 0. The third-order valence-corrected chi connectivity index (χ3v) is 4.14. The Balaban J connectivity index is 1.89. The van der Waals surface area contributed by atoms with Crippen molar-refractivity contribution in [1.29, 1.82) is 0 Å². The van der Waals surface area contributed by atoms with Gasteiger partial charge in [-0.15, -0.1) is 0 Å². The third kappa shape index (κ3) is 2.73. The van der Waals surface area contributed by atoms with Crippen molar-refractivity contribution < 1.29 is 0 Å². The predicted molar refractivity (Wildman–Crippen MR) is 65.0 cm³/mol. The number of nitrogens with zero attached hydrogens (tertiary/aromatic N) is 1. The first-order chi connectivity index (χ1) is 7.16. The molecule has 2 heteroatoms. The van der Waals surface area contributed by atoms with Gasteiger partial charge in [0, 0.05) is 31.7 Å². The van der Waals surface area contributed by atoms with E-state index >= 15 is 0 Å². The van der Waals surface area contributed by atoms with Gasteiger partial charge in [0.2, 0.25) is 0 Å². The lowest BCUT2D eigenvalue weighted by molar-refractivity contribution is 0.0687. The Kier molecular flexibility index (Phi) is 3.68. The molecule has 1 saturated heterocycles. The highest BCUT2D eigenvalue weighted by molar-refractivity contribution is 4.88. The van der Waals surface area contributed by atoms with Gasteiger partial charge in [-0.2, -0.15) is 0 Å². The first-order valence-electron chi connectivity index (χ1n) is 6.64. The molecular weight excluding hydrogens is 184 g/mol. The molecule has 0 bridgehead atoms. The van der Waals surface area contributed by atoms with E-state index in [2.05, 4.69) is 31.0 Å². The normalized spacial score (nSPS) is 34.4. The zero-order valence-corrected chi connectivity index (χ0v) is 10.5. The van der Waals surface area contributed by atoms with E-state index in [0.717, 1.165) is 17.9 Å². The molecule has 0 radical (unpaired) electrons. The first-order valence-corrected chi connectivity index (χ1v) is 6.64. The molecule has 1 heterocycles. The molecule has 2 rings (SSSR count). The van der Waals surface area contributed by atoms with E-state index in [1.807, 2.05) is 0 Å². The summed E-state index contributed by atoms with van der Waals surface area (Å²) >= 11 is 0. The molecule has 2 fully saturated rings. The van der Waals surface area contributed by atoms with Gasteiger partial charge in [-0.25, -0.2) is 0 Å². The molecule has 2 atom stereocenters. The highest BCUT2D eigenvalue weighted by Crippen LogP contribution is 2.29. The molecule has 1 N–H and O–H groups in total. The maximum Gasteiger partial charge on any atom is 0.0244 e. The lowest BCUT2D eigenvalue weighted by Gasteiger charge is -2.44. The average molecular weight is 210 g/mol. The Labute approximate surface area is 94.4 Å². The minimum absolute atomic E-state index is 0.681. The Morgan fingerprint density at radius 2 is 2.07 bits per heavy atom. The van der Waals surface area contributed by atoms with E-state index in [4.69, 9.17) is 0 Å². The molecule has 1 aliphatic carbocycles. The van der Waals surface area contributed by atoms with Crippen LogP contribution in [0.1, 0.15) is 40.0 Å². The van der Waals surface area contributed by atoms with Crippen molar-refractivity contribution in [3.63, 3.8) is 0 Å². The summed E-state index contributed by atoms with van der Waals surface area (Å²) in [5, 5.41) is 3.61. The lowest BCUT2D eigenvalue weighted by Crippen LogP contribution is -2.58. The van der Waals surface area contributed by atoms with Crippen molar-refractivity contribution in [2.75, 3.05) is 19.6 Å². The van der Waals surface area contributed by atoms with Crippen molar-refractivity contribution >= 4 is 0 Å². The van der Waals surface area contributed by atoms with E-state index in [1.54, 1.807) is 0 Å². The number of hydrogen-bond donors (Lipinski definition) is 1. The molecule has 0 aromatic rings. The van der Waals surface area contributed by atoms with Crippen LogP contribution in [-0.4, -0.2) is 36.6 Å². The molecular formula is C13H26N2. The van der Waals surface area contributed by atoms with Crippen LogP contribution in [0.3, 0.4) is 0 Å². The number of nitrogens with one attached hydrogen (secondary N) is 1. The van der Waals surface area contributed by atoms with Gasteiger partial charge in [-0.1, -0.05) is 20.3 Å². The van der Waals surface area contributed by atoms with E-state index < -0.39 is 0 Å². The smallest absolute Gasteiger partial charge is 0.0244 e. The first kappa shape index (κ1) is 11.4. The topological polar surface area (TPSA) is 15.3 Å². The van der Waals surface area contributed by atoms with Gasteiger partial charge in [0.05, 0.1) is 0 Å². The van der Waals surface area contributed by atoms with Crippen molar-refractivity contribution in [3.8, 4) is 0 Å². The van der Waals surface area contributed by atoms with Crippen LogP contribution in [0.15, 0.2) is 0 Å². The Hall–Kier alpha value is -0.0800. The summed E-state index contributed by atoms with van der Waals surface area (Å²) in [4.78, 5) is 2.75. The average Bonchev–Trinajstić information content (AvgIpc) is 2.11. The predicted octanol–water partition coefficient (Wildman–Crippen LogP) is 2.10. The fraction of sp³-hybridized carbons (Fsp3) is 1.00. The molecule has 2 unspecified atom stereocenters. The Morgan fingerprint density at radius 3 is 2.60 bits per heavy atom. The lowest BCUT2D eigenvalue weighted by atomic mass is 9.84. The number of piperazine rings is 1. The molecule has 0 spiro atoms. The fourth-order valence-corrected chi connectivity index (χ4v) is 2.88. The van der Waals surface area contributed by atoms with E-state index in [9.17, 15) is 0 Å². The van der Waals surface area contributed by atoms with Gasteiger partial charge >= 0.3 is 0 Å². The molecule has 1 aliphatic heterocycles. The van der Waals surface area contributed by atoms with Crippen LogP contribution < -0.4 is 5.32 Å². The van der Waals surface area contributed by atoms with Crippen LogP contribution in [0.2, 0.25) is 0 Å². The van der Waals surface area contributed by atoms with Crippen LogP contribution >= 0.6 is 0 Å². The molecule has 0 aromatic carbocycles. The molecule has 15 heavy (non-hydrogen) atoms. The molecule has 2 aliphatic rings. The summed E-state index contributed by atoms with van der Waals surface area (Å²) in [7, 11) is 0. The third-order valence-electron chi connectivity index (χ3n) is 4.14. The van der Waals surface area contributed by atoms with Crippen LogP contribution in [0.5, 0.6) is 0 Å². The largest absolute Gasteiger partial charge is 0.311 e. The number of hydrogen-bond acceptors (Lipinski definition) is 2. The zero-order valence-electron chi connectivity index (χ0n) is 10.5. The quantitative estimate of drug-likeness (QED) is 0.767. The molecule has 2 nitrogen and oxygen atoms in total. The van der Waals surface area contributed by atoms with Gasteiger partial charge in [0.25, 0.3) is 0 Å². The van der Waals surface area contributed by atoms with Gasteiger partial charge in [0.15, 0.2) is 0 Å². The zero-order chi connectivity index (χ0) is 10.8. The molecule has 0 amide bonds. The second-order valence-corrected chi connectivity index (χ2v) is 5.87. The maximum atomic E-state index is 3.61. The van der Waals surface area contributed by atoms with E-state index in [1.165, 1.54) is 38.9 Å². The monoisotopic (exact) mass is 210 g/mol. The van der Waals surface area contributed by atoms with Gasteiger partial charge in [0.1, 0.15) is 0 Å². The summed E-state index contributed by atoms with van der Waals surface area (Å²) in [6.45, 7) is 10.8. The van der Waals surface area contributed by atoms with Gasteiger partial charge in [-0.3, -0.25) is 4.90 Å². The standard InChI is InChI=1S/C13H26N2/c1-10(2)13-7-14-11(3)8-15(13)9-12-5-4-6-12/h10-14H,4-9H2,1-3H3. The minimum atomic E-state index is 0.681. The molecule has 0 aromatic heterocycles. The fourth-order valence-electron chi connectivity index (χ4n) is 2.88. The van der Waals surface area contributed by atoms with Crippen LogP contribution in [0, 0.1) is 11.8 Å². The van der Waals surface area contributed by atoms with Crippen molar-refractivity contribution in [3.05, 3.63) is 0 Å². The Morgan fingerprint density at radius 1 is 1.33 bits per heavy atom. The highest BCUT2D eigenvalue weighted by atomic mass is 15.2. The van der Waals surface area contributed by atoms with Crippen LogP contribution in [0.25, 0.3) is 0 Å². The highest BCUT2D eigenvalue weighted by Gasteiger charge is 2.30. The van der Waals surface area contributed by atoms with Crippen molar-refractivity contribution in [1.82, 2.24) is 10.2 Å². The van der Waals surface area contributed by atoms with Crippen molar-refractivity contribution in [2.24, 2.45) is 11.8 Å². The SMILES string of the molecule is CC1CN(CC2CCC2)C(C(C)C)CN1. The van der Waals surface area contributed by atoms with Gasteiger partial charge < -0.3 is 5.32 Å². The molecule has 1 saturated carbocycles. The van der Waals surface area contributed by atoms with Crippen LogP contribution in [-0.2, 0) is 0 Å². The summed E-state index contributed by atoms with van der Waals surface area (Å²) in [6, 6.07) is 1.45. The second-order valence-electron chi connectivity index (χ2n) is 5.87. The summed E-state index contributed by atoms with van der Waals surface area (Å²) in [6.07, 6.45) is 4.42. The summed E-state index contributed by atoms with van der Waals surface area (Å²) < 4.78 is 0. The number of rotatable bonds is 3. The summed E-state index contributed by atoms with van der Waals surface area (Å²) in [5.74, 6) is 1.79. The molecule has 88 valence electrons. The Bertz CT molecular complexity index is 199. The van der Waals surface area contributed by atoms with Gasteiger partial charge in [-0.05, 0) is 31.6 Å². The van der Waals surface area contributed by atoms with Crippen LogP contribution in [0.4, 0.5) is 0 Å². The van der Waals surface area contributed by atoms with Crippen molar-refractivity contribution in [2.45, 2.75) is 52.1 Å².